The van der Waals surface area contributed by atoms with Crippen LogP contribution in [0.1, 0.15) is 12.5 Å². The maximum Gasteiger partial charge on any atom is 0.246 e. The zero-order chi connectivity index (χ0) is 17.3. The molecule has 1 unspecified atom stereocenters. The lowest BCUT2D eigenvalue weighted by Gasteiger charge is -2.40. The Balaban J connectivity index is 1.82. The van der Waals surface area contributed by atoms with Crippen LogP contribution in [0.3, 0.4) is 0 Å². The number of rotatable bonds is 3. The average molecular weight is 348 g/mol. The molecule has 1 aliphatic heterocycles. The van der Waals surface area contributed by atoms with Gasteiger partial charge in [0, 0.05) is 31.4 Å². The fourth-order valence-corrected chi connectivity index (χ4v) is 4.70. The number of benzene rings is 2. The third-order valence-corrected chi connectivity index (χ3v) is 6.28. The molecule has 1 atom stereocenters. The highest BCUT2D eigenvalue weighted by molar-refractivity contribution is 7.89. The van der Waals surface area contributed by atoms with Gasteiger partial charge in [0.2, 0.25) is 10.0 Å². The molecule has 0 spiro atoms. The molecule has 0 aliphatic carbocycles. The normalized spacial score (nSPS) is 19.5. The summed E-state index contributed by atoms with van der Waals surface area (Å²) in [5, 5.41) is 0. The molecule has 0 amide bonds. The Kier molecular flexibility index (Phi) is 4.60. The van der Waals surface area contributed by atoms with E-state index >= 15 is 0 Å². The summed E-state index contributed by atoms with van der Waals surface area (Å²) < 4.78 is 40.7. The maximum absolute atomic E-state index is 13.9. The number of anilines is 1. The van der Waals surface area contributed by atoms with E-state index in [0.29, 0.717) is 19.6 Å². The van der Waals surface area contributed by atoms with Gasteiger partial charge in [0.25, 0.3) is 0 Å². The standard InChI is InChI=1S/C18H21FN2O2S/c1-14-6-5-7-16(12-14)21-11-10-20(13-15(21)2)24(22,23)18-9-4-3-8-17(18)19/h3-9,12,15H,10-11,13H2,1-2H3. The molecule has 0 aromatic heterocycles. The molecule has 24 heavy (non-hydrogen) atoms. The molecule has 2 aromatic carbocycles. The quantitative estimate of drug-likeness (QED) is 0.856. The number of aryl methyl sites for hydroxylation is 1. The van der Waals surface area contributed by atoms with E-state index in [-0.39, 0.29) is 10.9 Å². The molecule has 3 rings (SSSR count). The van der Waals surface area contributed by atoms with E-state index in [2.05, 4.69) is 11.0 Å². The van der Waals surface area contributed by atoms with Gasteiger partial charge in [0.1, 0.15) is 10.7 Å². The van der Waals surface area contributed by atoms with E-state index in [1.165, 1.54) is 28.1 Å². The van der Waals surface area contributed by atoms with Crippen molar-refractivity contribution in [2.75, 3.05) is 24.5 Å². The summed E-state index contributed by atoms with van der Waals surface area (Å²) in [7, 11) is -3.81. The molecule has 1 fully saturated rings. The summed E-state index contributed by atoms with van der Waals surface area (Å²) in [5.74, 6) is -0.703. The van der Waals surface area contributed by atoms with Crippen molar-refractivity contribution in [1.82, 2.24) is 4.31 Å². The molecule has 4 nitrogen and oxygen atoms in total. The van der Waals surface area contributed by atoms with Gasteiger partial charge in [-0.3, -0.25) is 0 Å². The Morgan fingerprint density at radius 2 is 1.83 bits per heavy atom. The van der Waals surface area contributed by atoms with Crippen molar-refractivity contribution in [2.45, 2.75) is 24.8 Å². The van der Waals surface area contributed by atoms with Crippen molar-refractivity contribution in [3.05, 3.63) is 59.9 Å². The van der Waals surface area contributed by atoms with Crippen LogP contribution in [0.15, 0.2) is 53.4 Å². The molecular weight excluding hydrogens is 327 g/mol. The predicted octanol–water partition coefficient (Wildman–Crippen LogP) is 3.03. The molecule has 128 valence electrons. The Labute approximate surface area is 142 Å². The SMILES string of the molecule is Cc1cccc(N2CCN(S(=O)(=O)c3ccccc3F)CC2C)c1. The van der Waals surface area contributed by atoms with Gasteiger partial charge >= 0.3 is 0 Å². The van der Waals surface area contributed by atoms with Crippen LogP contribution in [-0.2, 0) is 10.0 Å². The van der Waals surface area contributed by atoms with Crippen molar-refractivity contribution < 1.29 is 12.8 Å². The highest BCUT2D eigenvalue weighted by Crippen LogP contribution is 2.26. The van der Waals surface area contributed by atoms with Crippen molar-refractivity contribution in [1.29, 1.82) is 0 Å². The molecule has 2 aromatic rings. The summed E-state index contributed by atoms with van der Waals surface area (Å²) in [6, 6.07) is 13.7. The number of nitrogens with zero attached hydrogens (tertiary/aromatic N) is 2. The van der Waals surface area contributed by atoms with Crippen molar-refractivity contribution in [2.24, 2.45) is 0 Å². The average Bonchev–Trinajstić information content (AvgIpc) is 2.55. The smallest absolute Gasteiger partial charge is 0.246 e. The molecule has 0 N–H and O–H groups in total. The first-order valence-electron chi connectivity index (χ1n) is 7.97. The minimum absolute atomic E-state index is 0.0158. The zero-order valence-corrected chi connectivity index (χ0v) is 14.6. The third-order valence-electron chi connectivity index (χ3n) is 4.38. The topological polar surface area (TPSA) is 40.6 Å². The number of halogens is 1. The van der Waals surface area contributed by atoms with Crippen LogP contribution in [0.25, 0.3) is 0 Å². The monoisotopic (exact) mass is 348 g/mol. The maximum atomic E-state index is 13.9. The molecular formula is C18H21FN2O2S. The van der Waals surface area contributed by atoms with Crippen LogP contribution < -0.4 is 4.90 Å². The second-order valence-electron chi connectivity index (χ2n) is 6.17. The van der Waals surface area contributed by atoms with Crippen LogP contribution in [-0.4, -0.2) is 38.4 Å². The minimum Gasteiger partial charge on any atom is -0.366 e. The zero-order valence-electron chi connectivity index (χ0n) is 13.8. The second kappa shape index (κ2) is 6.53. The summed E-state index contributed by atoms with van der Waals surface area (Å²) in [6.45, 7) is 5.29. The Hall–Kier alpha value is -1.92. The summed E-state index contributed by atoms with van der Waals surface area (Å²) >= 11 is 0. The summed E-state index contributed by atoms with van der Waals surface area (Å²) in [4.78, 5) is 1.95. The van der Waals surface area contributed by atoms with Crippen LogP contribution in [0.2, 0.25) is 0 Å². The number of piperazine rings is 1. The van der Waals surface area contributed by atoms with Crippen molar-refractivity contribution in [3.8, 4) is 0 Å². The lowest BCUT2D eigenvalue weighted by atomic mass is 10.1. The fourth-order valence-electron chi connectivity index (χ4n) is 3.13. The van der Waals surface area contributed by atoms with Gasteiger partial charge in [-0.25, -0.2) is 12.8 Å². The van der Waals surface area contributed by atoms with E-state index in [1.807, 2.05) is 32.0 Å². The van der Waals surface area contributed by atoms with E-state index in [0.717, 1.165) is 5.69 Å². The Morgan fingerprint density at radius 3 is 2.50 bits per heavy atom. The molecule has 6 heteroatoms. The molecule has 1 heterocycles. The first-order chi connectivity index (χ1) is 11.4. The highest BCUT2D eigenvalue weighted by atomic mass is 32.2. The van der Waals surface area contributed by atoms with Crippen LogP contribution in [0, 0.1) is 12.7 Å². The van der Waals surface area contributed by atoms with Gasteiger partial charge in [0.15, 0.2) is 0 Å². The van der Waals surface area contributed by atoms with Crippen LogP contribution in [0.4, 0.5) is 10.1 Å². The molecule has 0 radical (unpaired) electrons. The first kappa shape index (κ1) is 16.9. The van der Waals surface area contributed by atoms with Crippen LogP contribution >= 0.6 is 0 Å². The molecule has 0 saturated carbocycles. The largest absolute Gasteiger partial charge is 0.366 e. The lowest BCUT2D eigenvalue weighted by molar-refractivity contribution is 0.341. The molecule has 1 saturated heterocycles. The fraction of sp³-hybridized carbons (Fsp3) is 0.333. The van der Waals surface area contributed by atoms with Crippen molar-refractivity contribution >= 4 is 15.7 Å². The van der Waals surface area contributed by atoms with Crippen LogP contribution in [0.5, 0.6) is 0 Å². The van der Waals surface area contributed by atoms with Gasteiger partial charge in [-0.05, 0) is 43.7 Å². The molecule has 1 aliphatic rings. The number of hydrogen-bond donors (Lipinski definition) is 0. The Morgan fingerprint density at radius 1 is 1.08 bits per heavy atom. The van der Waals surface area contributed by atoms with E-state index in [4.69, 9.17) is 0 Å². The Bertz CT molecular complexity index is 838. The minimum atomic E-state index is -3.81. The van der Waals surface area contributed by atoms with Crippen molar-refractivity contribution in [3.63, 3.8) is 0 Å². The predicted molar refractivity (Wildman–Crippen MR) is 93.1 cm³/mol. The number of sulfonamides is 1. The summed E-state index contributed by atoms with van der Waals surface area (Å²) in [6.07, 6.45) is 0. The van der Waals surface area contributed by atoms with Gasteiger partial charge in [-0.15, -0.1) is 0 Å². The van der Waals surface area contributed by atoms with Gasteiger partial charge in [-0.1, -0.05) is 24.3 Å². The second-order valence-corrected chi connectivity index (χ2v) is 8.08. The summed E-state index contributed by atoms with van der Waals surface area (Å²) in [5.41, 5.74) is 2.26. The van der Waals surface area contributed by atoms with Gasteiger partial charge in [0.05, 0.1) is 0 Å². The highest BCUT2D eigenvalue weighted by Gasteiger charge is 2.33. The first-order valence-corrected chi connectivity index (χ1v) is 9.41. The van der Waals surface area contributed by atoms with E-state index in [1.54, 1.807) is 6.07 Å². The molecule has 0 bridgehead atoms. The number of hydrogen-bond acceptors (Lipinski definition) is 3. The van der Waals surface area contributed by atoms with E-state index < -0.39 is 15.8 Å². The van der Waals surface area contributed by atoms with Gasteiger partial charge in [-0.2, -0.15) is 4.31 Å². The van der Waals surface area contributed by atoms with E-state index in [9.17, 15) is 12.8 Å². The third kappa shape index (κ3) is 3.16. The van der Waals surface area contributed by atoms with Gasteiger partial charge < -0.3 is 4.90 Å². The lowest BCUT2D eigenvalue weighted by Crippen LogP contribution is -2.53.